The van der Waals surface area contributed by atoms with Gasteiger partial charge in [0.15, 0.2) is 0 Å². The van der Waals surface area contributed by atoms with Gasteiger partial charge < -0.3 is 4.57 Å². The molecule has 2 aromatic carbocycles. The third-order valence-corrected chi connectivity index (χ3v) is 5.49. The first-order valence-corrected chi connectivity index (χ1v) is 10.00. The molecule has 0 aliphatic carbocycles. The maximum Gasteiger partial charge on any atom is 0.269 e. The van der Waals surface area contributed by atoms with E-state index in [-0.39, 0.29) is 5.69 Å². The van der Waals surface area contributed by atoms with Gasteiger partial charge in [0.2, 0.25) is 0 Å². The molecule has 4 aromatic rings. The number of nitrogens with zero attached hydrogens (tertiary/aromatic N) is 4. The molecule has 0 bridgehead atoms. The van der Waals surface area contributed by atoms with E-state index >= 15 is 0 Å². The van der Waals surface area contributed by atoms with Gasteiger partial charge in [-0.05, 0) is 37.3 Å². The zero-order chi connectivity index (χ0) is 21.1. The van der Waals surface area contributed by atoms with Gasteiger partial charge in [-0.15, -0.1) is 11.3 Å². The van der Waals surface area contributed by atoms with Crippen LogP contribution in [-0.4, -0.2) is 14.5 Å². The number of hydrogen-bond donors (Lipinski definition) is 0. The molecule has 0 saturated heterocycles. The zero-order valence-electron chi connectivity index (χ0n) is 16.0. The topological polar surface area (TPSA) is 84.8 Å². The van der Waals surface area contributed by atoms with Crippen LogP contribution >= 0.6 is 11.3 Å². The maximum atomic E-state index is 10.9. The number of aryl methyl sites for hydroxylation is 1. The van der Waals surface area contributed by atoms with Gasteiger partial charge in [-0.2, -0.15) is 5.26 Å². The van der Waals surface area contributed by atoms with Crippen molar-refractivity contribution < 1.29 is 4.92 Å². The Morgan fingerprint density at radius 2 is 1.90 bits per heavy atom. The van der Waals surface area contributed by atoms with Crippen molar-refractivity contribution in [3.63, 3.8) is 0 Å². The first-order valence-electron chi connectivity index (χ1n) is 9.12. The van der Waals surface area contributed by atoms with Crippen LogP contribution in [0.3, 0.4) is 0 Å². The Bertz CT molecular complexity index is 1280. The molecule has 0 aliphatic heterocycles. The van der Waals surface area contributed by atoms with Gasteiger partial charge >= 0.3 is 0 Å². The molecule has 6 nitrogen and oxygen atoms in total. The smallest absolute Gasteiger partial charge is 0.269 e. The third-order valence-electron chi connectivity index (χ3n) is 4.61. The fourth-order valence-electron chi connectivity index (χ4n) is 3.03. The summed E-state index contributed by atoms with van der Waals surface area (Å²) in [5.74, 6) is 0. The van der Waals surface area contributed by atoms with Crippen molar-refractivity contribution >= 4 is 28.7 Å². The van der Waals surface area contributed by atoms with E-state index in [4.69, 9.17) is 0 Å². The summed E-state index contributed by atoms with van der Waals surface area (Å²) in [6.07, 6.45) is 3.63. The van der Waals surface area contributed by atoms with E-state index in [1.165, 1.54) is 29.0 Å². The van der Waals surface area contributed by atoms with Crippen LogP contribution in [0.1, 0.15) is 16.3 Å². The molecule has 0 fully saturated rings. The zero-order valence-corrected chi connectivity index (χ0v) is 16.8. The second-order valence-electron chi connectivity index (χ2n) is 6.65. The summed E-state index contributed by atoms with van der Waals surface area (Å²) in [5.41, 5.74) is 5.07. The Balaban J connectivity index is 1.66. The summed E-state index contributed by atoms with van der Waals surface area (Å²) in [5, 5.41) is 23.2. The van der Waals surface area contributed by atoms with Gasteiger partial charge in [-0.3, -0.25) is 10.1 Å². The van der Waals surface area contributed by atoms with Crippen molar-refractivity contribution in [2.75, 3.05) is 0 Å². The minimum absolute atomic E-state index is 0.0344. The fraction of sp³-hybridized carbons (Fsp3) is 0.0435. The molecule has 0 unspecified atom stereocenters. The summed E-state index contributed by atoms with van der Waals surface area (Å²) in [7, 11) is 0. The number of benzene rings is 2. The molecule has 0 N–H and O–H groups in total. The molecule has 0 aliphatic rings. The first-order chi connectivity index (χ1) is 14.5. The molecule has 4 rings (SSSR count). The monoisotopic (exact) mass is 412 g/mol. The number of aromatic nitrogens is 2. The highest BCUT2D eigenvalue weighted by atomic mass is 32.1. The van der Waals surface area contributed by atoms with E-state index in [1.54, 1.807) is 18.2 Å². The summed E-state index contributed by atoms with van der Waals surface area (Å²) >= 11 is 1.42. The average Bonchev–Trinajstić information content (AvgIpc) is 3.42. The summed E-state index contributed by atoms with van der Waals surface area (Å²) in [4.78, 5) is 15.1. The van der Waals surface area contributed by atoms with Crippen molar-refractivity contribution in [3.05, 3.63) is 98.6 Å². The van der Waals surface area contributed by atoms with Crippen molar-refractivity contribution in [3.8, 4) is 23.0 Å². The normalized spacial score (nSPS) is 11.3. The number of allylic oxidation sites excluding steroid dienone is 1. The van der Waals surface area contributed by atoms with Crippen LogP contribution in [0.4, 0.5) is 5.69 Å². The van der Waals surface area contributed by atoms with Gasteiger partial charge in [0.1, 0.15) is 11.1 Å². The largest absolute Gasteiger partial charge is 0.317 e. The second-order valence-corrected chi connectivity index (χ2v) is 7.51. The third kappa shape index (κ3) is 3.90. The molecule has 0 saturated carbocycles. The van der Waals surface area contributed by atoms with Crippen LogP contribution in [0, 0.1) is 28.4 Å². The molecule has 2 heterocycles. The number of rotatable bonds is 5. The molecular formula is C23H16N4O2S. The molecule has 0 radical (unpaired) electrons. The Labute approximate surface area is 177 Å². The Morgan fingerprint density at radius 1 is 1.17 bits per heavy atom. The summed E-state index contributed by atoms with van der Waals surface area (Å²) in [6.45, 7) is 2.03. The van der Waals surface area contributed by atoms with Crippen LogP contribution in [0.25, 0.3) is 28.6 Å². The predicted molar refractivity (Wildman–Crippen MR) is 118 cm³/mol. The highest BCUT2D eigenvalue weighted by Crippen LogP contribution is 2.28. The Kier molecular flexibility index (Phi) is 5.24. The number of non-ortho nitro benzene ring substituents is 1. The van der Waals surface area contributed by atoms with Gasteiger partial charge in [-0.1, -0.05) is 29.8 Å². The number of hydrogen-bond acceptors (Lipinski definition) is 5. The number of nitriles is 1. The van der Waals surface area contributed by atoms with Crippen molar-refractivity contribution in [1.29, 1.82) is 5.26 Å². The minimum atomic E-state index is -0.428. The quantitative estimate of drug-likeness (QED) is 0.233. The predicted octanol–water partition coefficient (Wildman–Crippen LogP) is 5.88. The molecule has 2 aromatic heterocycles. The van der Waals surface area contributed by atoms with Gasteiger partial charge in [0.25, 0.3) is 5.69 Å². The molecule has 146 valence electrons. The molecule has 0 atom stereocenters. The van der Waals surface area contributed by atoms with Crippen LogP contribution < -0.4 is 0 Å². The van der Waals surface area contributed by atoms with E-state index < -0.39 is 4.92 Å². The molecule has 30 heavy (non-hydrogen) atoms. The standard InChI is InChI=1S/C23H16N4O2S/c1-16-4-6-17(7-5-16)22-15-30-23(25-22)18(14-24)13-21-3-2-12-26(21)19-8-10-20(11-9-19)27(28)29/h2-13,15H,1H3. The van der Waals surface area contributed by atoms with Gasteiger partial charge in [0, 0.05) is 40.7 Å². The molecule has 0 spiro atoms. The Hall–Kier alpha value is -4.02. The summed E-state index contributed by atoms with van der Waals surface area (Å²) < 4.78 is 1.87. The van der Waals surface area contributed by atoms with Crippen molar-refractivity contribution in [2.45, 2.75) is 6.92 Å². The maximum absolute atomic E-state index is 10.9. The van der Waals surface area contributed by atoms with E-state index in [1.807, 2.05) is 59.5 Å². The highest BCUT2D eigenvalue weighted by molar-refractivity contribution is 7.11. The second kappa shape index (κ2) is 8.15. The van der Waals surface area contributed by atoms with E-state index in [2.05, 4.69) is 11.1 Å². The van der Waals surface area contributed by atoms with Crippen LogP contribution in [0.15, 0.2) is 72.2 Å². The van der Waals surface area contributed by atoms with E-state index in [0.29, 0.717) is 10.6 Å². The van der Waals surface area contributed by atoms with Gasteiger partial charge in [-0.25, -0.2) is 4.98 Å². The lowest BCUT2D eigenvalue weighted by atomic mass is 10.1. The fourth-order valence-corrected chi connectivity index (χ4v) is 3.82. The molecule has 7 heteroatoms. The first kappa shape index (κ1) is 19.3. The van der Waals surface area contributed by atoms with Crippen molar-refractivity contribution in [1.82, 2.24) is 9.55 Å². The SMILES string of the molecule is Cc1ccc(-c2csc(C(C#N)=Cc3cccn3-c3ccc([N+](=O)[O-])cc3)n2)cc1. The lowest BCUT2D eigenvalue weighted by Gasteiger charge is -2.06. The van der Waals surface area contributed by atoms with E-state index in [0.717, 1.165) is 22.6 Å². The minimum Gasteiger partial charge on any atom is -0.317 e. The van der Waals surface area contributed by atoms with Crippen molar-refractivity contribution in [2.24, 2.45) is 0 Å². The van der Waals surface area contributed by atoms with Crippen LogP contribution in [0.5, 0.6) is 0 Å². The Morgan fingerprint density at radius 3 is 2.57 bits per heavy atom. The van der Waals surface area contributed by atoms with Crippen LogP contribution in [-0.2, 0) is 0 Å². The summed E-state index contributed by atoms with van der Waals surface area (Å²) in [6, 6.07) is 20.4. The number of thiazole rings is 1. The van der Waals surface area contributed by atoms with E-state index in [9.17, 15) is 15.4 Å². The molecule has 0 amide bonds. The lowest BCUT2D eigenvalue weighted by molar-refractivity contribution is -0.384. The molecular weight excluding hydrogens is 396 g/mol. The number of nitro benzene ring substituents is 1. The lowest BCUT2D eigenvalue weighted by Crippen LogP contribution is -1.96. The average molecular weight is 412 g/mol. The highest BCUT2D eigenvalue weighted by Gasteiger charge is 2.11. The van der Waals surface area contributed by atoms with Gasteiger partial charge in [0.05, 0.1) is 16.2 Å². The number of nitro groups is 1. The van der Waals surface area contributed by atoms with Crippen LogP contribution in [0.2, 0.25) is 0 Å².